The SMILES string of the molecule is CCOC(OC)C(C)(C)c1cnc(-c2nn(Cc3ccc(F)cc3F)c3ncccc23)nc1N. The molecule has 34 heavy (non-hydrogen) atoms. The number of halogens is 2. The van der Waals surface area contributed by atoms with Crippen molar-refractivity contribution in [2.75, 3.05) is 19.5 Å². The fourth-order valence-corrected chi connectivity index (χ4v) is 3.95. The van der Waals surface area contributed by atoms with Gasteiger partial charge in [0.1, 0.15) is 23.1 Å². The lowest BCUT2D eigenvalue weighted by molar-refractivity contribution is -0.156. The topological polar surface area (TPSA) is 101 Å². The molecule has 3 heterocycles. The molecule has 0 bridgehead atoms. The van der Waals surface area contributed by atoms with Crippen molar-refractivity contribution in [2.45, 2.75) is 39.0 Å². The van der Waals surface area contributed by atoms with Crippen LogP contribution in [-0.2, 0) is 21.4 Å². The van der Waals surface area contributed by atoms with Gasteiger partial charge in [0.05, 0.1) is 11.9 Å². The first-order valence-corrected chi connectivity index (χ1v) is 10.8. The Balaban J connectivity index is 1.75. The zero-order valence-electron chi connectivity index (χ0n) is 19.4. The summed E-state index contributed by atoms with van der Waals surface area (Å²) in [5, 5.41) is 5.28. The van der Waals surface area contributed by atoms with Crippen LogP contribution in [0.5, 0.6) is 0 Å². The van der Waals surface area contributed by atoms with Gasteiger partial charge in [-0.2, -0.15) is 5.10 Å². The van der Waals surface area contributed by atoms with Crippen LogP contribution in [0.2, 0.25) is 0 Å². The first-order valence-electron chi connectivity index (χ1n) is 10.8. The van der Waals surface area contributed by atoms with E-state index in [9.17, 15) is 8.78 Å². The number of hydrogen-bond donors (Lipinski definition) is 1. The zero-order chi connectivity index (χ0) is 24.5. The predicted molar refractivity (Wildman–Crippen MR) is 124 cm³/mol. The van der Waals surface area contributed by atoms with Crippen molar-refractivity contribution >= 4 is 16.9 Å². The molecule has 0 fully saturated rings. The molecule has 0 radical (unpaired) electrons. The van der Waals surface area contributed by atoms with Crippen LogP contribution >= 0.6 is 0 Å². The van der Waals surface area contributed by atoms with E-state index in [-0.39, 0.29) is 17.9 Å². The van der Waals surface area contributed by atoms with Gasteiger partial charge >= 0.3 is 0 Å². The van der Waals surface area contributed by atoms with Gasteiger partial charge in [0.15, 0.2) is 17.8 Å². The Morgan fingerprint density at radius 2 is 1.97 bits per heavy atom. The van der Waals surface area contributed by atoms with Gasteiger partial charge in [-0.1, -0.05) is 19.9 Å². The number of nitrogens with two attached hydrogens (primary N) is 1. The van der Waals surface area contributed by atoms with Gasteiger partial charge in [-0.3, -0.25) is 0 Å². The highest BCUT2D eigenvalue weighted by Gasteiger charge is 2.35. The minimum atomic E-state index is -0.657. The van der Waals surface area contributed by atoms with E-state index in [1.54, 1.807) is 25.6 Å². The summed E-state index contributed by atoms with van der Waals surface area (Å²) in [6.45, 7) is 6.31. The fraction of sp³-hybridized carbons (Fsp3) is 0.333. The van der Waals surface area contributed by atoms with Crippen molar-refractivity contribution in [3.8, 4) is 11.5 Å². The summed E-state index contributed by atoms with van der Waals surface area (Å²) in [5.74, 6) is -0.723. The van der Waals surface area contributed by atoms with Gasteiger partial charge in [-0.15, -0.1) is 0 Å². The van der Waals surface area contributed by atoms with Gasteiger partial charge in [0.25, 0.3) is 0 Å². The average molecular weight is 469 g/mol. The first-order chi connectivity index (χ1) is 16.3. The monoisotopic (exact) mass is 468 g/mol. The Hall–Kier alpha value is -3.50. The van der Waals surface area contributed by atoms with Crippen LogP contribution in [0.15, 0.2) is 42.7 Å². The normalized spacial score (nSPS) is 12.9. The molecule has 0 saturated heterocycles. The molecule has 178 valence electrons. The number of pyridine rings is 1. The second-order valence-corrected chi connectivity index (χ2v) is 8.35. The van der Waals surface area contributed by atoms with Crippen molar-refractivity contribution < 1.29 is 18.3 Å². The summed E-state index contributed by atoms with van der Waals surface area (Å²) in [6, 6.07) is 7.03. The van der Waals surface area contributed by atoms with Crippen LogP contribution < -0.4 is 5.73 Å². The minimum Gasteiger partial charge on any atom is -0.383 e. The fourth-order valence-electron chi connectivity index (χ4n) is 3.95. The van der Waals surface area contributed by atoms with Crippen molar-refractivity contribution in [3.63, 3.8) is 0 Å². The van der Waals surface area contributed by atoms with Gasteiger partial charge in [0.2, 0.25) is 0 Å². The summed E-state index contributed by atoms with van der Waals surface area (Å²) in [4.78, 5) is 13.4. The maximum Gasteiger partial charge on any atom is 0.182 e. The number of hydrogen-bond acceptors (Lipinski definition) is 7. The quantitative estimate of drug-likeness (QED) is 0.389. The summed E-state index contributed by atoms with van der Waals surface area (Å²) < 4.78 is 40.3. The summed E-state index contributed by atoms with van der Waals surface area (Å²) in [6.07, 6.45) is 2.72. The Labute approximate surface area is 195 Å². The molecule has 0 saturated carbocycles. The van der Waals surface area contributed by atoms with Gasteiger partial charge in [-0.25, -0.2) is 28.4 Å². The molecule has 0 amide bonds. The lowest BCUT2D eigenvalue weighted by Gasteiger charge is -2.33. The van der Waals surface area contributed by atoms with Crippen LogP contribution in [-0.4, -0.2) is 44.7 Å². The smallest absolute Gasteiger partial charge is 0.182 e. The van der Waals surface area contributed by atoms with Crippen molar-refractivity contribution in [2.24, 2.45) is 0 Å². The summed E-state index contributed by atoms with van der Waals surface area (Å²) in [5.41, 5.74) is 7.65. The summed E-state index contributed by atoms with van der Waals surface area (Å²) in [7, 11) is 1.57. The highest BCUT2D eigenvalue weighted by molar-refractivity contribution is 5.89. The molecule has 1 aromatic carbocycles. The molecule has 2 N–H and O–H groups in total. The average Bonchev–Trinajstić information content (AvgIpc) is 3.17. The van der Waals surface area contributed by atoms with E-state index in [0.717, 1.165) is 6.07 Å². The maximum absolute atomic E-state index is 14.3. The second kappa shape index (κ2) is 9.40. The number of rotatable bonds is 8. The van der Waals surface area contributed by atoms with E-state index in [4.69, 9.17) is 15.2 Å². The molecule has 0 spiro atoms. The highest BCUT2D eigenvalue weighted by Crippen LogP contribution is 2.34. The second-order valence-electron chi connectivity index (χ2n) is 8.35. The van der Waals surface area contributed by atoms with E-state index in [2.05, 4.69) is 20.1 Å². The van der Waals surface area contributed by atoms with Crippen LogP contribution in [0.3, 0.4) is 0 Å². The molecule has 1 atom stereocenters. The molecule has 1 unspecified atom stereocenters. The summed E-state index contributed by atoms with van der Waals surface area (Å²) >= 11 is 0. The Kier molecular flexibility index (Phi) is 6.54. The van der Waals surface area contributed by atoms with Crippen molar-refractivity contribution in [1.29, 1.82) is 0 Å². The van der Waals surface area contributed by atoms with Gasteiger partial charge in [0, 0.05) is 48.7 Å². The lowest BCUT2D eigenvalue weighted by Crippen LogP contribution is -2.38. The number of ether oxygens (including phenoxy) is 2. The van der Waals surface area contributed by atoms with Crippen LogP contribution in [0.25, 0.3) is 22.6 Å². The minimum absolute atomic E-state index is 0.0596. The van der Waals surface area contributed by atoms with Gasteiger partial charge < -0.3 is 15.2 Å². The molecule has 4 rings (SSSR count). The number of nitrogens with zero attached hydrogens (tertiary/aromatic N) is 5. The maximum atomic E-state index is 14.3. The van der Waals surface area contributed by atoms with Crippen LogP contribution in [0.4, 0.5) is 14.6 Å². The Morgan fingerprint density at radius 3 is 2.65 bits per heavy atom. The number of anilines is 1. The number of aromatic nitrogens is 5. The van der Waals surface area contributed by atoms with E-state index in [1.807, 2.05) is 26.8 Å². The highest BCUT2D eigenvalue weighted by atomic mass is 19.1. The molecule has 0 aliphatic carbocycles. The largest absolute Gasteiger partial charge is 0.383 e. The molecule has 0 aliphatic heterocycles. The van der Waals surface area contributed by atoms with E-state index < -0.39 is 23.3 Å². The predicted octanol–water partition coefficient (Wildman–Crippen LogP) is 4.08. The molecule has 8 nitrogen and oxygen atoms in total. The third kappa shape index (κ3) is 4.34. The van der Waals surface area contributed by atoms with Gasteiger partial charge in [-0.05, 0) is 25.1 Å². The number of nitrogen functional groups attached to an aromatic ring is 1. The van der Waals surface area contributed by atoms with Crippen molar-refractivity contribution in [3.05, 3.63) is 65.5 Å². The third-order valence-electron chi connectivity index (χ3n) is 5.69. The molecular weight excluding hydrogens is 442 g/mol. The molecule has 4 aromatic rings. The van der Waals surface area contributed by atoms with E-state index in [1.165, 1.54) is 16.8 Å². The molecule has 10 heteroatoms. The van der Waals surface area contributed by atoms with E-state index in [0.29, 0.717) is 34.7 Å². The third-order valence-corrected chi connectivity index (χ3v) is 5.69. The standard InChI is InChI=1S/C24H26F2N6O2/c1-5-34-23(33-4)24(2,3)17-12-29-21(30-20(17)27)19-16-7-6-10-28-22(16)32(31-19)13-14-8-9-15(25)11-18(14)26/h6-12,23H,5,13H2,1-4H3,(H2,27,29,30). The zero-order valence-corrected chi connectivity index (χ0v) is 19.4. The molecule has 0 aliphatic rings. The molecule has 3 aromatic heterocycles. The number of fused-ring (bicyclic) bond motifs is 1. The molecular formula is C24H26F2N6O2. The number of methoxy groups -OCH3 is 1. The lowest BCUT2D eigenvalue weighted by atomic mass is 9.84. The Morgan fingerprint density at radius 1 is 1.18 bits per heavy atom. The first kappa shape index (κ1) is 23.7. The van der Waals surface area contributed by atoms with Crippen LogP contribution in [0.1, 0.15) is 31.9 Å². The van der Waals surface area contributed by atoms with E-state index >= 15 is 0 Å². The number of benzene rings is 1. The van der Waals surface area contributed by atoms with Crippen LogP contribution in [0, 0.1) is 11.6 Å². The van der Waals surface area contributed by atoms with Crippen molar-refractivity contribution in [1.82, 2.24) is 24.7 Å². The Bertz CT molecular complexity index is 1320.